The summed E-state index contributed by atoms with van der Waals surface area (Å²) in [6.07, 6.45) is -7.33. The Labute approximate surface area is 422 Å². The number of fused-ring (bicyclic) bond motifs is 2. The number of phosphoric ester groups is 3. The molecule has 0 radical (unpaired) electrons. The number of anilines is 1. The summed E-state index contributed by atoms with van der Waals surface area (Å²) in [6, 6.07) is 5.90. The normalized spacial score (nSPS) is 25.2. The van der Waals surface area contributed by atoms with Crippen LogP contribution in [0.3, 0.4) is 0 Å². The van der Waals surface area contributed by atoms with Gasteiger partial charge in [0.05, 0.1) is 19.5 Å². The van der Waals surface area contributed by atoms with Crippen LogP contribution in [0.2, 0.25) is 0 Å². The molecule has 12 N–H and O–H groups in total. The van der Waals surface area contributed by atoms with Crippen LogP contribution in [0.5, 0.6) is 0 Å². The first-order valence-corrected chi connectivity index (χ1v) is 28.0. The number of thioether (sulfide) groups is 2. The van der Waals surface area contributed by atoms with E-state index in [1.54, 1.807) is 44.2 Å². The molecule has 0 spiro atoms. The summed E-state index contributed by atoms with van der Waals surface area (Å²) in [5.41, 5.74) is 4.48. The fraction of sp³-hybridized carbons (Fsp3) is 0.553. The van der Waals surface area contributed by atoms with E-state index in [1.807, 2.05) is 0 Å². The maximum Gasteiger partial charge on any atom is 0.481 e. The van der Waals surface area contributed by atoms with Crippen molar-refractivity contribution in [2.24, 2.45) is 5.41 Å². The molecule has 73 heavy (non-hydrogen) atoms. The molecular weight excluding hydrogens is 1080 g/mol. The lowest BCUT2D eigenvalue weighted by molar-refractivity contribution is -0.161. The van der Waals surface area contributed by atoms with Crippen LogP contribution in [0.25, 0.3) is 11.2 Å². The third-order valence-corrected chi connectivity index (χ3v) is 16.9. The first kappa shape index (κ1) is 57.8. The van der Waals surface area contributed by atoms with Crippen molar-refractivity contribution in [3.8, 4) is 0 Å². The van der Waals surface area contributed by atoms with E-state index in [4.69, 9.17) is 19.5 Å². The van der Waals surface area contributed by atoms with Gasteiger partial charge in [0, 0.05) is 35.4 Å². The summed E-state index contributed by atoms with van der Waals surface area (Å²) in [7, 11) is -16.6. The number of nitrogens with two attached hydrogens (primary N) is 1. The van der Waals surface area contributed by atoms with Crippen molar-refractivity contribution < 1.29 is 100.0 Å². The zero-order chi connectivity index (χ0) is 54.0. The molecule has 3 fully saturated rings. The highest BCUT2D eigenvalue weighted by molar-refractivity contribution is 8.13. The molecule has 402 valence electrons. The Balaban J connectivity index is 0.919. The monoisotopic (exact) mass is 1130 g/mol. The number of nitrogens with one attached hydrogen (secondary N) is 3. The largest absolute Gasteiger partial charge is 0.481 e. The quantitative estimate of drug-likeness (QED) is 0.0224. The van der Waals surface area contributed by atoms with Crippen molar-refractivity contribution in [3.05, 3.63) is 48.5 Å². The number of carbonyl (C=O) groups excluding carboxylic acids is 5. The number of carbonyl (C=O) groups is 6. The number of aliphatic hydroxyl groups excluding tert-OH is 2. The van der Waals surface area contributed by atoms with E-state index in [9.17, 15) is 77.4 Å². The Morgan fingerprint density at radius 1 is 0.986 bits per heavy atom. The predicted octanol–water partition coefficient (Wildman–Crippen LogP) is -0.920. The van der Waals surface area contributed by atoms with Gasteiger partial charge < -0.3 is 66.2 Å². The van der Waals surface area contributed by atoms with Gasteiger partial charge in [-0.1, -0.05) is 55.9 Å². The fourth-order valence-electron chi connectivity index (χ4n) is 7.79. The fourth-order valence-corrected chi connectivity index (χ4v) is 13.1. The smallest absolute Gasteiger partial charge is 0.480 e. The standard InChI is InChI=1S/C38H52N9O21P3S2/c1-37(2,15-65-71(62,63)68-70(60,61)64-14-19-25(67-69(57,58)59)24(49)33(66-19)46-17-44-22-28(39)42-16-43-29(22)46)27(50)31(52)41-11-10-20(48)40-12-13-72-36(56)21(18-8-6-5-7-9-18)30(51)45-23-32(53)47-26(35(54)55)38(3,4)73-34(23)47/h5-9,16-17,19,21,23-27,33-34,49-50H,10-15H2,1-4H3,(H,40,48)(H,41,52)(H,45,51)(H,54,55)(H,60,61)(H,62,63)(H2,39,42,43)(H2,57,58,59)/t19?,21?,23-,24?,25?,26+,27?,33?,34-/m1/s1. The number of aliphatic hydroxyl groups is 2. The number of amides is 4. The molecule has 6 rings (SSSR count). The Morgan fingerprint density at radius 3 is 2.32 bits per heavy atom. The molecule has 3 saturated heterocycles. The van der Waals surface area contributed by atoms with Crippen LogP contribution in [0.15, 0.2) is 43.0 Å². The van der Waals surface area contributed by atoms with Gasteiger partial charge in [-0.15, -0.1) is 11.8 Å². The van der Waals surface area contributed by atoms with Crippen molar-refractivity contribution in [1.29, 1.82) is 0 Å². The van der Waals surface area contributed by atoms with Crippen molar-refractivity contribution in [2.45, 2.75) is 92.9 Å². The number of β-lactam (4-membered cyclic amide) rings is 1. The molecule has 11 atom stereocenters. The van der Waals surface area contributed by atoms with Crippen LogP contribution >= 0.6 is 47.0 Å². The first-order valence-electron chi connectivity index (χ1n) is 21.6. The number of hydrogen-bond acceptors (Lipinski definition) is 22. The molecule has 35 heteroatoms. The molecule has 30 nitrogen and oxygen atoms in total. The highest BCUT2D eigenvalue weighted by Crippen LogP contribution is 2.61. The molecular formula is C38H52N9O21P3S2. The summed E-state index contributed by atoms with van der Waals surface area (Å²) in [5.74, 6) is -5.58. The number of phosphoric acid groups is 3. The zero-order valence-corrected chi connectivity index (χ0v) is 43.1. The Kier molecular flexibility index (Phi) is 18.1. The van der Waals surface area contributed by atoms with Gasteiger partial charge in [-0.25, -0.2) is 33.4 Å². The number of nitrogens with zero attached hydrogens (tertiary/aromatic N) is 5. The van der Waals surface area contributed by atoms with E-state index >= 15 is 0 Å². The summed E-state index contributed by atoms with van der Waals surface area (Å²) in [4.78, 5) is 130. The summed E-state index contributed by atoms with van der Waals surface area (Å²) < 4.78 is 61.7. The van der Waals surface area contributed by atoms with Gasteiger partial charge in [-0.2, -0.15) is 4.31 Å². The third kappa shape index (κ3) is 13.9. The van der Waals surface area contributed by atoms with Gasteiger partial charge in [0.1, 0.15) is 59.6 Å². The Hall–Kier alpha value is -4.46. The molecule has 0 aliphatic carbocycles. The van der Waals surface area contributed by atoms with Crippen LogP contribution in [0.1, 0.15) is 51.8 Å². The number of carboxylic acids is 1. The van der Waals surface area contributed by atoms with E-state index in [2.05, 4.69) is 39.7 Å². The van der Waals surface area contributed by atoms with E-state index in [-0.39, 0.29) is 42.2 Å². The average molecular weight is 1130 g/mol. The van der Waals surface area contributed by atoms with Crippen LogP contribution in [-0.4, -0.2) is 173 Å². The van der Waals surface area contributed by atoms with Crippen molar-refractivity contribution in [2.75, 3.05) is 37.8 Å². The Morgan fingerprint density at radius 2 is 1.66 bits per heavy atom. The second kappa shape index (κ2) is 22.8. The van der Waals surface area contributed by atoms with E-state index in [0.29, 0.717) is 5.56 Å². The highest BCUT2D eigenvalue weighted by atomic mass is 32.2. The molecule has 8 unspecified atom stereocenters. The number of benzene rings is 1. The topological polar surface area (TPSA) is 450 Å². The lowest BCUT2D eigenvalue weighted by Crippen LogP contribution is -2.71. The predicted molar refractivity (Wildman–Crippen MR) is 252 cm³/mol. The lowest BCUT2D eigenvalue weighted by Gasteiger charge is -2.43. The highest BCUT2D eigenvalue weighted by Gasteiger charge is 2.64. The lowest BCUT2D eigenvalue weighted by atomic mass is 9.87. The van der Waals surface area contributed by atoms with Crippen molar-refractivity contribution in [1.82, 2.24) is 40.4 Å². The first-order chi connectivity index (χ1) is 33.9. The van der Waals surface area contributed by atoms with Crippen molar-refractivity contribution in [3.63, 3.8) is 0 Å². The van der Waals surface area contributed by atoms with E-state index in [0.717, 1.165) is 29.0 Å². The summed E-state index contributed by atoms with van der Waals surface area (Å²) >= 11 is 1.97. The number of nitrogen functional groups attached to an aromatic ring is 1. The van der Waals surface area contributed by atoms with Gasteiger partial charge in [-0.05, 0) is 19.4 Å². The van der Waals surface area contributed by atoms with Gasteiger partial charge in [0.2, 0.25) is 28.7 Å². The molecule has 2 aromatic heterocycles. The third-order valence-electron chi connectivity index (χ3n) is 11.3. The number of rotatable bonds is 24. The number of hydrogen-bond donors (Lipinski definition) is 11. The van der Waals surface area contributed by atoms with Crippen molar-refractivity contribution >= 4 is 98.7 Å². The minimum absolute atomic E-state index is 0.00591. The molecule has 0 saturated carbocycles. The maximum absolute atomic E-state index is 13.6. The number of imidazole rings is 1. The van der Waals surface area contributed by atoms with Crippen LogP contribution in [0, 0.1) is 5.41 Å². The van der Waals surface area contributed by atoms with Gasteiger partial charge >= 0.3 is 29.4 Å². The molecule has 1 aromatic carbocycles. The summed E-state index contributed by atoms with van der Waals surface area (Å²) in [6.45, 7) is 3.29. The number of carboxylic acid groups (broad SMARTS) is 1. The van der Waals surface area contributed by atoms with Gasteiger partial charge in [0.15, 0.2) is 17.7 Å². The molecule has 3 aromatic rings. The van der Waals surface area contributed by atoms with E-state index < -0.39 is 136 Å². The summed E-state index contributed by atoms with van der Waals surface area (Å²) in [5, 5.41) is 37.6. The van der Waals surface area contributed by atoms with E-state index in [1.165, 1.54) is 30.5 Å². The number of ether oxygens (including phenoxy) is 1. The molecule has 0 bridgehead atoms. The molecule has 5 heterocycles. The van der Waals surface area contributed by atoms with Crippen LogP contribution in [0.4, 0.5) is 5.82 Å². The zero-order valence-electron chi connectivity index (χ0n) is 38.8. The van der Waals surface area contributed by atoms with Crippen LogP contribution < -0.4 is 21.7 Å². The Bertz CT molecular complexity index is 2740. The van der Waals surface area contributed by atoms with Gasteiger partial charge in [-0.3, -0.25) is 42.1 Å². The minimum Gasteiger partial charge on any atom is -0.480 e. The second-order valence-corrected chi connectivity index (χ2v) is 24.8. The number of aliphatic carboxylic acids is 1. The second-order valence-electron chi connectivity index (χ2n) is 17.7. The average Bonchev–Trinajstić information content (AvgIpc) is 3.94. The SMILES string of the molecule is CC(C)(COP(=O)(O)OP(=O)(O)OCC1OC(n2cnc3c(N)ncnc32)C(O)C1OP(=O)(O)O)C(O)C(=O)NCCC(=O)NCCSC(=O)C(C(=O)N[C@@H]1C(=O)N2[C@@H]1SC(C)(C)[C@@H]2C(=O)O)c1ccccc1. The minimum atomic E-state index is -5.64. The van der Waals surface area contributed by atoms with Crippen LogP contribution in [-0.2, 0) is 65.1 Å². The molecule has 3 aliphatic rings. The van der Waals surface area contributed by atoms with Gasteiger partial charge in [0.25, 0.3) is 0 Å². The maximum atomic E-state index is 13.6. The molecule has 4 amide bonds. The number of aromatic nitrogens is 4. The molecule has 3 aliphatic heterocycles.